The Morgan fingerprint density at radius 3 is 2.42 bits per heavy atom. The molecule has 0 saturated carbocycles. The van der Waals surface area contributed by atoms with Gasteiger partial charge >= 0.3 is 0 Å². The Bertz CT molecular complexity index is 630. The van der Waals surface area contributed by atoms with E-state index in [2.05, 4.69) is 10.3 Å². The molecule has 1 aromatic heterocycles. The normalized spacial score (nSPS) is 10.0. The fourth-order valence-electron chi connectivity index (χ4n) is 1.63. The molecule has 0 unspecified atom stereocenters. The molecule has 1 heterocycles. The van der Waals surface area contributed by atoms with Gasteiger partial charge in [-0.25, -0.2) is 0 Å². The molecule has 2 N–H and O–H groups in total. The Labute approximate surface area is 110 Å². The van der Waals surface area contributed by atoms with E-state index in [0.717, 1.165) is 5.69 Å². The molecule has 0 spiro atoms. The Hall–Kier alpha value is -2.56. The van der Waals surface area contributed by atoms with Crippen molar-refractivity contribution in [3.63, 3.8) is 0 Å². The van der Waals surface area contributed by atoms with E-state index < -0.39 is 0 Å². The molecule has 1 aromatic carbocycles. The maximum Gasteiger partial charge on any atom is 0.271 e. The van der Waals surface area contributed by atoms with Gasteiger partial charge in [0.1, 0.15) is 5.69 Å². The molecular weight excluding hydrogens is 242 g/mol. The number of H-pyrrole nitrogens is 1. The predicted octanol–water partition coefficient (Wildman–Crippen LogP) is 1.69. The van der Waals surface area contributed by atoms with Crippen LogP contribution in [0.25, 0.3) is 0 Å². The highest BCUT2D eigenvalue weighted by Crippen LogP contribution is 2.13. The zero-order valence-electron chi connectivity index (χ0n) is 10.8. The zero-order chi connectivity index (χ0) is 13.8. The average Bonchev–Trinajstić information content (AvgIpc) is 2.41. The summed E-state index contributed by atoms with van der Waals surface area (Å²) in [5.74, 6) is -0.304. The van der Waals surface area contributed by atoms with Crippen LogP contribution >= 0.6 is 0 Å². The van der Waals surface area contributed by atoms with Gasteiger partial charge in [-0.05, 0) is 36.4 Å². The molecule has 0 aliphatic rings. The van der Waals surface area contributed by atoms with Crippen LogP contribution in [-0.2, 0) is 0 Å². The Morgan fingerprint density at radius 1 is 1.16 bits per heavy atom. The van der Waals surface area contributed by atoms with Crippen LogP contribution in [0.3, 0.4) is 0 Å². The first-order chi connectivity index (χ1) is 9.08. The standard InChI is InChI=1S/C14H15N3O2/c1-17(2)11-7-5-10(6-8-11)13(18)16-12-4-3-9-15-14(12)19/h3-9H,1-2H3,(H,15,19)(H,16,18). The van der Waals surface area contributed by atoms with E-state index in [0.29, 0.717) is 5.56 Å². The zero-order valence-corrected chi connectivity index (χ0v) is 10.8. The summed E-state index contributed by atoms with van der Waals surface area (Å²) >= 11 is 0. The summed E-state index contributed by atoms with van der Waals surface area (Å²) in [6, 6.07) is 10.4. The van der Waals surface area contributed by atoms with E-state index in [1.807, 2.05) is 31.1 Å². The molecule has 0 radical (unpaired) electrons. The van der Waals surface area contributed by atoms with Crippen molar-refractivity contribution in [2.24, 2.45) is 0 Å². The minimum absolute atomic E-state index is 0.240. The number of benzene rings is 1. The summed E-state index contributed by atoms with van der Waals surface area (Å²) in [4.78, 5) is 27.9. The summed E-state index contributed by atoms with van der Waals surface area (Å²) in [5, 5.41) is 2.58. The Kier molecular flexibility index (Phi) is 3.66. The van der Waals surface area contributed by atoms with Gasteiger partial charge in [-0.3, -0.25) is 9.59 Å². The van der Waals surface area contributed by atoms with Gasteiger partial charge in [0.15, 0.2) is 0 Å². The van der Waals surface area contributed by atoms with Gasteiger partial charge in [-0.2, -0.15) is 0 Å². The highest BCUT2D eigenvalue weighted by molar-refractivity contribution is 6.04. The van der Waals surface area contributed by atoms with Crippen molar-refractivity contribution in [2.75, 3.05) is 24.3 Å². The second-order valence-corrected chi connectivity index (χ2v) is 4.31. The number of nitrogens with one attached hydrogen (secondary N) is 2. The summed E-state index contributed by atoms with van der Waals surface area (Å²) < 4.78 is 0. The molecular formula is C14H15N3O2. The quantitative estimate of drug-likeness (QED) is 0.879. The van der Waals surface area contributed by atoms with Gasteiger partial charge < -0.3 is 15.2 Å². The van der Waals surface area contributed by atoms with Gasteiger partial charge in [0.2, 0.25) is 0 Å². The molecule has 0 aliphatic carbocycles. The van der Waals surface area contributed by atoms with E-state index in [9.17, 15) is 9.59 Å². The van der Waals surface area contributed by atoms with Crippen LogP contribution in [0, 0.1) is 0 Å². The van der Waals surface area contributed by atoms with Crippen LogP contribution in [0.1, 0.15) is 10.4 Å². The lowest BCUT2D eigenvalue weighted by atomic mass is 10.2. The number of aromatic amines is 1. The topological polar surface area (TPSA) is 65.2 Å². The van der Waals surface area contributed by atoms with Crippen molar-refractivity contribution in [2.45, 2.75) is 0 Å². The van der Waals surface area contributed by atoms with Crippen molar-refractivity contribution in [1.29, 1.82) is 0 Å². The number of aromatic nitrogens is 1. The summed E-state index contributed by atoms with van der Waals surface area (Å²) in [6.45, 7) is 0. The largest absolute Gasteiger partial charge is 0.378 e. The Morgan fingerprint density at radius 2 is 1.84 bits per heavy atom. The number of carbonyl (C=O) groups excluding carboxylic acids is 1. The third kappa shape index (κ3) is 3.01. The van der Waals surface area contributed by atoms with Gasteiger partial charge in [0.05, 0.1) is 0 Å². The molecule has 98 valence electrons. The van der Waals surface area contributed by atoms with E-state index >= 15 is 0 Å². The molecule has 19 heavy (non-hydrogen) atoms. The van der Waals surface area contributed by atoms with E-state index in [4.69, 9.17) is 0 Å². The third-order valence-electron chi connectivity index (χ3n) is 2.71. The lowest BCUT2D eigenvalue weighted by Crippen LogP contribution is -2.19. The monoisotopic (exact) mass is 257 g/mol. The molecule has 5 nitrogen and oxygen atoms in total. The highest BCUT2D eigenvalue weighted by Gasteiger charge is 2.08. The van der Waals surface area contributed by atoms with E-state index in [1.165, 1.54) is 6.20 Å². The number of amides is 1. The molecule has 0 fully saturated rings. The SMILES string of the molecule is CN(C)c1ccc(C(=O)Nc2ccc[nH]c2=O)cc1. The van der Waals surface area contributed by atoms with Gasteiger partial charge in [-0.15, -0.1) is 0 Å². The van der Waals surface area contributed by atoms with Crippen LogP contribution in [0.15, 0.2) is 47.4 Å². The molecule has 0 atom stereocenters. The number of anilines is 2. The molecule has 0 aliphatic heterocycles. The average molecular weight is 257 g/mol. The third-order valence-corrected chi connectivity index (χ3v) is 2.71. The van der Waals surface area contributed by atoms with E-state index in [1.54, 1.807) is 24.3 Å². The summed E-state index contributed by atoms with van der Waals surface area (Å²) in [5.41, 5.74) is 1.44. The first-order valence-corrected chi connectivity index (χ1v) is 5.84. The van der Waals surface area contributed by atoms with Crippen LogP contribution < -0.4 is 15.8 Å². The molecule has 5 heteroatoms. The lowest BCUT2D eigenvalue weighted by Gasteiger charge is -2.12. The molecule has 1 amide bonds. The van der Waals surface area contributed by atoms with Crippen molar-refractivity contribution < 1.29 is 4.79 Å². The van der Waals surface area contributed by atoms with Gasteiger partial charge in [0, 0.05) is 31.5 Å². The van der Waals surface area contributed by atoms with Crippen molar-refractivity contribution >= 4 is 17.3 Å². The van der Waals surface area contributed by atoms with Crippen LogP contribution in [-0.4, -0.2) is 25.0 Å². The first-order valence-electron chi connectivity index (χ1n) is 5.84. The maximum absolute atomic E-state index is 12.0. The van der Waals surface area contributed by atoms with E-state index in [-0.39, 0.29) is 17.2 Å². The maximum atomic E-state index is 12.0. The van der Waals surface area contributed by atoms with Gasteiger partial charge in [0.25, 0.3) is 11.5 Å². The number of hydrogen-bond donors (Lipinski definition) is 2. The minimum atomic E-state index is -0.319. The summed E-state index contributed by atoms with van der Waals surface area (Å²) in [6.07, 6.45) is 1.52. The van der Waals surface area contributed by atoms with Crippen LogP contribution in [0.4, 0.5) is 11.4 Å². The van der Waals surface area contributed by atoms with Crippen LogP contribution in [0.5, 0.6) is 0 Å². The molecule has 2 aromatic rings. The minimum Gasteiger partial charge on any atom is -0.378 e. The van der Waals surface area contributed by atoms with Crippen molar-refractivity contribution in [3.8, 4) is 0 Å². The first kappa shape index (κ1) is 12.9. The number of rotatable bonds is 3. The highest BCUT2D eigenvalue weighted by atomic mass is 16.2. The fourth-order valence-corrected chi connectivity index (χ4v) is 1.63. The molecule has 0 saturated heterocycles. The molecule has 2 rings (SSSR count). The lowest BCUT2D eigenvalue weighted by molar-refractivity contribution is 0.102. The number of nitrogens with zero attached hydrogens (tertiary/aromatic N) is 1. The van der Waals surface area contributed by atoms with Crippen molar-refractivity contribution in [1.82, 2.24) is 4.98 Å². The molecule has 0 bridgehead atoms. The second-order valence-electron chi connectivity index (χ2n) is 4.31. The summed E-state index contributed by atoms with van der Waals surface area (Å²) in [7, 11) is 3.86. The number of pyridine rings is 1. The Balaban J connectivity index is 2.17. The van der Waals surface area contributed by atoms with Gasteiger partial charge in [-0.1, -0.05) is 0 Å². The fraction of sp³-hybridized carbons (Fsp3) is 0.143. The predicted molar refractivity (Wildman–Crippen MR) is 75.8 cm³/mol. The number of carbonyl (C=O) groups is 1. The smallest absolute Gasteiger partial charge is 0.271 e. The number of hydrogen-bond acceptors (Lipinski definition) is 3. The van der Waals surface area contributed by atoms with Crippen LogP contribution in [0.2, 0.25) is 0 Å². The van der Waals surface area contributed by atoms with Crippen molar-refractivity contribution in [3.05, 3.63) is 58.5 Å². The second kappa shape index (κ2) is 5.39.